The number of benzene rings is 2. The lowest BCUT2D eigenvalue weighted by Gasteiger charge is -2.18. The first-order valence-corrected chi connectivity index (χ1v) is 10.2. The van der Waals surface area contributed by atoms with Crippen molar-refractivity contribution < 1.29 is 18.0 Å². The van der Waals surface area contributed by atoms with Crippen molar-refractivity contribution in [3.05, 3.63) is 53.0 Å². The third kappa shape index (κ3) is 5.66. The third-order valence-corrected chi connectivity index (χ3v) is 4.98. The average Bonchev–Trinajstić information content (AvgIpc) is 2.69. The first kappa shape index (κ1) is 22.9. The Morgan fingerprint density at radius 3 is 2.35 bits per heavy atom. The summed E-state index contributed by atoms with van der Waals surface area (Å²) in [5.74, 6) is -0.668. The predicted molar refractivity (Wildman–Crippen MR) is 119 cm³/mol. The highest BCUT2D eigenvalue weighted by atomic mass is 79.9. The summed E-state index contributed by atoms with van der Waals surface area (Å²) >= 11 is 3.42. The number of fused-ring (bicyclic) bond motifs is 1. The van der Waals surface area contributed by atoms with Crippen LogP contribution < -0.4 is 5.43 Å². The molecule has 0 bridgehead atoms. The molecule has 1 aromatic heterocycles. The van der Waals surface area contributed by atoms with Crippen LogP contribution in [0.1, 0.15) is 27.2 Å². The number of ketones is 1. The molecule has 0 amide bonds. The van der Waals surface area contributed by atoms with Gasteiger partial charge in [0.1, 0.15) is 11.5 Å². The summed E-state index contributed by atoms with van der Waals surface area (Å²) in [7, 11) is 0. The Kier molecular flexibility index (Phi) is 6.45. The number of hydrazone groups is 1. The standard InChI is InChI=1S/C22H20BrF3N4O/c1-21(2,3)18(31)12-17(22(24,25)26)29-30-20-27-16-10-9-14(23)11-15(16)19(28-20)13-7-5-4-6-8-13/h4-11H,12H2,1-3H3,(H,27,28,30). The number of Topliss-reactive ketones (excluding diaryl/α,β-unsaturated/α-hetero) is 1. The number of halogens is 4. The number of hydrogen-bond donors (Lipinski definition) is 1. The summed E-state index contributed by atoms with van der Waals surface area (Å²) in [6.07, 6.45) is -5.61. The molecule has 0 atom stereocenters. The molecule has 5 nitrogen and oxygen atoms in total. The Morgan fingerprint density at radius 1 is 1.06 bits per heavy atom. The van der Waals surface area contributed by atoms with Crippen LogP contribution in [-0.2, 0) is 4.79 Å². The Bertz CT molecular complexity index is 1140. The van der Waals surface area contributed by atoms with E-state index in [1.54, 1.807) is 32.9 Å². The molecule has 3 rings (SSSR count). The number of anilines is 1. The lowest BCUT2D eigenvalue weighted by Crippen LogP contribution is -2.31. The zero-order chi connectivity index (χ0) is 22.8. The van der Waals surface area contributed by atoms with Crippen LogP contribution in [0.5, 0.6) is 0 Å². The minimum absolute atomic E-state index is 0.0985. The van der Waals surface area contributed by atoms with Gasteiger partial charge in [-0.15, -0.1) is 0 Å². The van der Waals surface area contributed by atoms with E-state index in [0.717, 1.165) is 15.4 Å². The van der Waals surface area contributed by atoms with Gasteiger partial charge < -0.3 is 0 Å². The van der Waals surface area contributed by atoms with Crippen molar-refractivity contribution in [3.8, 4) is 11.3 Å². The van der Waals surface area contributed by atoms with Crippen molar-refractivity contribution >= 4 is 44.3 Å². The average molecular weight is 493 g/mol. The molecule has 1 N–H and O–H groups in total. The monoisotopic (exact) mass is 492 g/mol. The summed E-state index contributed by atoms with van der Waals surface area (Å²) in [5.41, 5.74) is 2.02. The molecule has 31 heavy (non-hydrogen) atoms. The molecule has 162 valence electrons. The summed E-state index contributed by atoms with van der Waals surface area (Å²) in [4.78, 5) is 20.8. The maximum Gasteiger partial charge on any atom is 0.431 e. The van der Waals surface area contributed by atoms with Gasteiger partial charge in [-0.3, -0.25) is 4.79 Å². The smallest absolute Gasteiger partial charge is 0.299 e. The number of aromatic nitrogens is 2. The van der Waals surface area contributed by atoms with E-state index in [-0.39, 0.29) is 5.95 Å². The summed E-state index contributed by atoms with van der Waals surface area (Å²) < 4.78 is 41.2. The van der Waals surface area contributed by atoms with Crippen molar-refractivity contribution in [1.29, 1.82) is 0 Å². The molecule has 0 saturated carbocycles. The van der Waals surface area contributed by atoms with E-state index in [1.165, 1.54) is 0 Å². The van der Waals surface area contributed by atoms with Gasteiger partial charge in [0.25, 0.3) is 0 Å². The predicted octanol–water partition coefficient (Wildman–Crippen LogP) is 6.39. The number of rotatable bonds is 5. The molecule has 2 aromatic carbocycles. The van der Waals surface area contributed by atoms with Crippen LogP contribution in [0.2, 0.25) is 0 Å². The summed E-state index contributed by atoms with van der Waals surface area (Å²) in [6.45, 7) is 4.69. The zero-order valence-corrected chi connectivity index (χ0v) is 18.7. The summed E-state index contributed by atoms with van der Waals surface area (Å²) in [6, 6.07) is 14.6. The van der Waals surface area contributed by atoms with Crippen molar-refractivity contribution in [1.82, 2.24) is 9.97 Å². The second-order valence-electron chi connectivity index (χ2n) is 7.94. The number of alkyl halides is 3. The first-order chi connectivity index (χ1) is 14.4. The van der Waals surface area contributed by atoms with Crippen LogP contribution in [0.3, 0.4) is 0 Å². The van der Waals surface area contributed by atoms with Gasteiger partial charge in [-0.1, -0.05) is 67.0 Å². The van der Waals surface area contributed by atoms with Gasteiger partial charge in [0.15, 0.2) is 0 Å². The number of carbonyl (C=O) groups excluding carboxylic acids is 1. The van der Waals surface area contributed by atoms with Crippen LogP contribution in [0, 0.1) is 5.41 Å². The van der Waals surface area contributed by atoms with Crippen LogP contribution in [-0.4, -0.2) is 27.6 Å². The Labute approximate surface area is 185 Å². The molecule has 0 spiro atoms. The van der Waals surface area contributed by atoms with Gasteiger partial charge in [0.2, 0.25) is 5.95 Å². The van der Waals surface area contributed by atoms with Crippen molar-refractivity contribution in [2.75, 3.05) is 5.43 Å². The quantitative estimate of drug-likeness (QED) is 0.330. The second-order valence-corrected chi connectivity index (χ2v) is 8.86. The van der Waals surface area contributed by atoms with Crippen LogP contribution in [0.25, 0.3) is 22.2 Å². The van der Waals surface area contributed by atoms with E-state index in [0.29, 0.717) is 11.2 Å². The van der Waals surface area contributed by atoms with E-state index >= 15 is 0 Å². The second kappa shape index (κ2) is 8.74. The molecule has 3 aromatic rings. The number of carbonyl (C=O) groups is 1. The fourth-order valence-corrected chi connectivity index (χ4v) is 3.07. The molecule has 0 radical (unpaired) electrons. The minimum atomic E-state index is -4.77. The lowest BCUT2D eigenvalue weighted by atomic mass is 9.88. The normalized spacial score (nSPS) is 12.8. The van der Waals surface area contributed by atoms with Crippen molar-refractivity contribution in [3.63, 3.8) is 0 Å². The Balaban J connectivity index is 2.04. The zero-order valence-electron chi connectivity index (χ0n) is 17.1. The first-order valence-electron chi connectivity index (χ1n) is 9.41. The van der Waals surface area contributed by atoms with Gasteiger partial charge in [-0.2, -0.15) is 18.3 Å². The largest absolute Gasteiger partial charge is 0.431 e. The van der Waals surface area contributed by atoms with Crippen LogP contribution >= 0.6 is 15.9 Å². The van der Waals surface area contributed by atoms with Gasteiger partial charge in [-0.05, 0) is 18.2 Å². The van der Waals surface area contributed by atoms with E-state index in [9.17, 15) is 18.0 Å². The highest BCUT2D eigenvalue weighted by Gasteiger charge is 2.39. The maximum atomic E-state index is 13.4. The number of nitrogens with zero attached hydrogens (tertiary/aromatic N) is 3. The van der Waals surface area contributed by atoms with E-state index in [2.05, 4.69) is 36.4 Å². The number of nitrogens with one attached hydrogen (secondary N) is 1. The summed E-state index contributed by atoms with van der Waals surface area (Å²) in [5, 5.41) is 4.20. The van der Waals surface area contributed by atoms with E-state index in [4.69, 9.17) is 0 Å². The van der Waals surface area contributed by atoms with Gasteiger partial charge >= 0.3 is 6.18 Å². The third-order valence-electron chi connectivity index (χ3n) is 4.49. The Hall–Kier alpha value is -2.81. The Morgan fingerprint density at radius 2 is 1.74 bits per heavy atom. The lowest BCUT2D eigenvalue weighted by molar-refractivity contribution is -0.126. The van der Waals surface area contributed by atoms with Gasteiger partial charge in [0, 0.05) is 20.8 Å². The molecular weight excluding hydrogens is 473 g/mol. The highest BCUT2D eigenvalue weighted by Crippen LogP contribution is 2.30. The number of hydrogen-bond acceptors (Lipinski definition) is 5. The van der Waals surface area contributed by atoms with E-state index in [1.807, 2.05) is 36.4 Å². The van der Waals surface area contributed by atoms with Gasteiger partial charge in [0.05, 0.1) is 17.6 Å². The highest BCUT2D eigenvalue weighted by molar-refractivity contribution is 9.10. The maximum absolute atomic E-state index is 13.4. The molecule has 0 unspecified atom stereocenters. The molecule has 0 fully saturated rings. The molecule has 0 aliphatic rings. The molecule has 0 aliphatic heterocycles. The van der Waals surface area contributed by atoms with E-state index < -0.39 is 29.5 Å². The molecular formula is C22H20BrF3N4O. The molecule has 9 heteroatoms. The van der Waals surface area contributed by atoms with Crippen molar-refractivity contribution in [2.24, 2.45) is 10.5 Å². The fraction of sp³-hybridized carbons (Fsp3) is 0.273. The van der Waals surface area contributed by atoms with Gasteiger partial charge in [-0.25, -0.2) is 15.4 Å². The fourth-order valence-electron chi connectivity index (χ4n) is 2.70. The molecule has 0 aliphatic carbocycles. The van der Waals surface area contributed by atoms with Crippen LogP contribution in [0.4, 0.5) is 19.1 Å². The molecule has 0 saturated heterocycles. The SMILES string of the molecule is CC(C)(C)C(=O)CC(=NNc1nc(-c2ccccc2)c2cc(Br)ccc2n1)C(F)(F)F. The topological polar surface area (TPSA) is 67.2 Å². The minimum Gasteiger partial charge on any atom is -0.299 e. The molecule has 1 heterocycles. The van der Waals surface area contributed by atoms with Crippen LogP contribution in [0.15, 0.2) is 58.1 Å². The van der Waals surface area contributed by atoms with Crippen molar-refractivity contribution in [2.45, 2.75) is 33.4 Å².